The molecule has 6 heteroatoms. The first-order valence-corrected chi connectivity index (χ1v) is 8.79. The molecule has 2 aromatic carbocycles. The molecule has 2 aromatic rings. The summed E-state index contributed by atoms with van der Waals surface area (Å²) in [4.78, 5) is 25.6. The molecule has 0 spiro atoms. The smallest absolute Gasteiger partial charge is 0.342 e. The fourth-order valence-corrected chi connectivity index (χ4v) is 2.65. The van der Waals surface area contributed by atoms with E-state index in [0.29, 0.717) is 16.3 Å². The second kappa shape index (κ2) is 8.22. The Labute approximate surface area is 150 Å². The number of Topliss-reactive ketones (excluding diaryl/α,β-unsaturated/α-hetero) is 1. The number of ketones is 1. The third kappa shape index (κ3) is 4.30. The van der Waals surface area contributed by atoms with E-state index < -0.39 is 12.1 Å². The Kier molecular flexibility index (Phi) is 6.29. The molecule has 2 rings (SSSR count). The molecule has 0 aliphatic heterocycles. The molecule has 0 radical (unpaired) electrons. The highest BCUT2D eigenvalue weighted by atomic mass is 35.5. The molecule has 0 aliphatic rings. The van der Waals surface area contributed by atoms with Crippen LogP contribution in [0.4, 0.5) is 0 Å². The molecule has 0 saturated heterocycles. The number of thioether (sulfide) groups is 1. The summed E-state index contributed by atoms with van der Waals surface area (Å²) in [7, 11) is 1.48. The number of hydrogen-bond donors (Lipinski definition) is 0. The van der Waals surface area contributed by atoms with Gasteiger partial charge in [-0.25, -0.2) is 4.79 Å². The van der Waals surface area contributed by atoms with E-state index in [1.165, 1.54) is 25.8 Å². The van der Waals surface area contributed by atoms with E-state index in [-0.39, 0.29) is 11.3 Å². The SMILES string of the molecule is COc1cc(SC)ccc1C(=O)OC(C)C(=O)c1ccc(Cl)cc1. The van der Waals surface area contributed by atoms with E-state index in [4.69, 9.17) is 21.1 Å². The molecule has 0 fully saturated rings. The average molecular weight is 365 g/mol. The number of ether oxygens (including phenoxy) is 2. The van der Waals surface area contributed by atoms with Crippen molar-refractivity contribution >= 4 is 35.1 Å². The molecule has 0 aliphatic carbocycles. The van der Waals surface area contributed by atoms with Gasteiger partial charge in [-0.05, 0) is 55.6 Å². The molecule has 24 heavy (non-hydrogen) atoms. The highest BCUT2D eigenvalue weighted by Crippen LogP contribution is 2.26. The maximum atomic E-state index is 12.3. The van der Waals surface area contributed by atoms with Gasteiger partial charge in [0.1, 0.15) is 11.3 Å². The Bertz CT molecular complexity index is 743. The zero-order valence-electron chi connectivity index (χ0n) is 13.5. The van der Waals surface area contributed by atoms with Gasteiger partial charge in [-0.15, -0.1) is 11.8 Å². The normalized spacial score (nSPS) is 11.7. The van der Waals surface area contributed by atoms with Crippen LogP contribution in [-0.2, 0) is 4.74 Å². The lowest BCUT2D eigenvalue weighted by Gasteiger charge is -2.14. The monoisotopic (exact) mass is 364 g/mol. The summed E-state index contributed by atoms with van der Waals surface area (Å²) < 4.78 is 10.5. The fourth-order valence-electron chi connectivity index (χ4n) is 2.09. The van der Waals surface area contributed by atoms with Crippen molar-refractivity contribution in [1.82, 2.24) is 0 Å². The number of methoxy groups -OCH3 is 1. The summed E-state index contributed by atoms with van der Waals surface area (Å²) >= 11 is 7.35. The Balaban J connectivity index is 2.14. The first kappa shape index (κ1) is 18.4. The quantitative estimate of drug-likeness (QED) is 0.429. The highest BCUT2D eigenvalue weighted by Gasteiger charge is 2.22. The Morgan fingerprint density at radius 2 is 1.79 bits per heavy atom. The van der Waals surface area contributed by atoms with Gasteiger partial charge >= 0.3 is 5.97 Å². The number of rotatable bonds is 6. The molecule has 0 heterocycles. The maximum absolute atomic E-state index is 12.3. The van der Waals surface area contributed by atoms with Crippen molar-refractivity contribution in [2.24, 2.45) is 0 Å². The van der Waals surface area contributed by atoms with Gasteiger partial charge in [0, 0.05) is 15.5 Å². The molecule has 0 bridgehead atoms. The summed E-state index contributed by atoms with van der Waals surface area (Å²) in [5.41, 5.74) is 0.718. The van der Waals surface area contributed by atoms with Crippen molar-refractivity contribution in [3.63, 3.8) is 0 Å². The summed E-state index contributed by atoms with van der Waals surface area (Å²) in [6.45, 7) is 1.54. The van der Waals surface area contributed by atoms with Gasteiger partial charge in [0.2, 0.25) is 5.78 Å². The van der Waals surface area contributed by atoms with Crippen molar-refractivity contribution in [3.05, 3.63) is 58.6 Å². The topological polar surface area (TPSA) is 52.6 Å². The lowest BCUT2D eigenvalue weighted by molar-refractivity contribution is 0.0316. The molecule has 0 amide bonds. The van der Waals surface area contributed by atoms with Gasteiger partial charge in [-0.2, -0.15) is 0 Å². The lowest BCUT2D eigenvalue weighted by atomic mass is 10.1. The minimum absolute atomic E-state index is 0.283. The summed E-state index contributed by atoms with van der Waals surface area (Å²) in [5, 5.41) is 0.537. The lowest BCUT2D eigenvalue weighted by Crippen LogP contribution is -2.24. The first-order valence-electron chi connectivity index (χ1n) is 7.19. The zero-order chi connectivity index (χ0) is 17.7. The van der Waals surface area contributed by atoms with Crippen LogP contribution in [0.25, 0.3) is 0 Å². The van der Waals surface area contributed by atoms with E-state index >= 15 is 0 Å². The van der Waals surface area contributed by atoms with Gasteiger partial charge in [0.15, 0.2) is 6.10 Å². The van der Waals surface area contributed by atoms with Gasteiger partial charge in [-0.3, -0.25) is 4.79 Å². The van der Waals surface area contributed by atoms with Crippen LogP contribution in [0, 0.1) is 0 Å². The van der Waals surface area contributed by atoms with Crippen molar-refractivity contribution in [3.8, 4) is 5.75 Å². The maximum Gasteiger partial charge on any atom is 0.342 e. The molecule has 126 valence electrons. The van der Waals surface area contributed by atoms with E-state index in [9.17, 15) is 9.59 Å². The third-order valence-electron chi connectivity index (χ3n) is 3.41. The number of hydrogen-bond acceptors (Lipinski definition) is 5. The standard InChI is InChI=1S/C18H17ClO4S/c1-11(17(20)12-4-6-13(19)7-5-12)23-18(21)15-9-8-14(24-3)10-16(15)22-2/h4-11H,1-3H3. The predicted octanol–water partition coefficient (Wildman–Crippen LogP) is 4.50. The second-order valence-corrected chi connectivity index (χ2v) is 6.30. The molecule has 0 aromatic heterocycles. The van der Waals surface area contributed by atoms with Crippen LogP contribution in [-0.4, -0.2) is 31.2 Å². The second-order valence-electron chi connectivity index (χ2n) is 4.98. The van der Waals surface area contributed by atoms with Gasteiger partial charge < -0.3 is 9.47 Å². The van der Waals surface area contributed by atoms with Crippen LogP contribution in [0.2, 0.25) is 5.02 Å². The largest absolute Gasteiger partial charge is 0.496 e. The Morgan fingerprint density at radius 3 is 2.38 bits per heavy atom. The summed E-state index contributed by atoms with van der Waals surface area (Å²) in [6, 6.07) is 11.6. The van der Waals surface area contributed by atoms with Crippen LogP contribution in [0.5, 0.6) is 5.75 Å². The Morgan fingerprint density at radius 1 is 1.12 bits per heavy atom. The predicted molar refractivity (Wildman–Crippen MR) is 95.4 cm³/mol. The van der Waals surface area contributed by atoms with Gasteiger partial charge in [0.05, 0.1) is 7.11 Å². The van der Waals surface area contributed by atoms with Crippen LogP contribution < -0.4 is 4.74 Å². The van der Waals surface area contributed by atoms with Crippen molar-refractivity contribution < 1.29 is 19.1 Å². The fraction of sp³-hybridized carbons (Fsp3) is 0.222. The number of halogens is 1. The minimum Gasteiger partial charge on any atom is -0.496 e. The molecular formula is C18H17ClO4S. The van der Waals surface area contributed by atoms with E-state index in [1.807, 2.05) is 6.26 Å². The van der Waals surface area contributed by atoms with E-state index in [1.54, 1.807) is 42.5 Å². The molecule has 0 N–H and O–H groups in total. The number of carbonyl (C=O) groups excluding carboxylic acids is 2. The highest BCUT2D eigenvalue weighted by molar-refractivity contribution is 7.98. The summed E-state index contributed by atoms with van der Waals surface area (Å²) in [5.74, 6) is -0.480. The number of benzene rings is 2. The van der Waals surface area contributed by atoms with Crippen molar-refractivity contribution in [2.45, 2.75) is 17.9 Å². The number of carbonyl (C=O) groups is 2. The summed E-state index contributed by atoms with van der Waals surface area (Å²) in [6.07, 6.45) is 1.02. The van der Waals surface area contributed by atoms with Gasteiger partial charge in [-0.1, -0.05) is 11.6 Å². The van der Waals surface area contributed by atoms with Crippen LogP contribution in [0.1, 0.15) is 27.6 Å². The molecule has 0 saturated carbocycles. The van der Waals surface area contributed by atoms with E-state index in [0.717, 1.165) is 4.90 Å². The van der Waals surface area contributed by atoms with Crippen molar-refractivity contribution in [1.29, 1.82) is 0 Å². The van der Waals surface area contributed by atoms with Crippen LogP contribution in [0.15, 0.2) is 47.4 Å². The molecule has 1 unspecified atom stereocenters. The zero-order valence-corrected chi connectivity index (χ0v) is 15.1. The van der Waals surface area contributed by atoms with Crippen LogP contribution >= 0.6 is 23.4 Å². The average Bonchev–Trinajstić information content (AvgIpc) is 2.60. The third-order valence-corrected chi connectivity index (χ3v) is 4.39. The molecule has 1 atom stereocenters. The first-order chi connectivity index (χ1) is 11.5. The molecular weight excluding hydrogens is 348 g/mol. The van der Waals surface area contributed by atoms with Gasteiger partial charge in [0.25, 0.3) is 0 Å². The minimum atomic E-state index is -0.913. The number of esters is 1. The molecule has 4 nitrogen and oxygen atoms in total. The van der Waals surface area contributed by atoms with Crippen molar-refractivity contribution in [2.75, 3.05) is 13.4 Å². The Hall–Kier alpha value is -1.98. The van der Waals surface area contributed by atoms with E-state index in [2.05, 4.69) is 0 Å². The van der Waals surface area contributed by atoms with Crippen LogP contribution in [0.3, 0.4) is 0 Å².